The van der Waals surface area contributed by atoms with Gasteiger partial charge in [0.25, 0.3) is 0 Å². The molecule has 0 aromatic carbocycles. The summed E-state index contributed by atoms with van der Waals surface area (Å²) in [6.07, 6.45) is 0. The van der Waals surface area contributed by atoms with Crippen LogP contribution in [0.3, 0.4) is 0 Å². The molecule has 0 radical (unpaired) electrons. The molecule has 0 aliphatic carbocycles. The fraction of sp³-hybridized carbons (Fsp3) is 0.818. The zero-order chi connectivity index (χ0) is 12.7. The maximum atomic E-state index is 11.4. The van der Waals surface area contributed by atoms with Crippen molar-refractivity contribution in [1.82, 2.24) is 10.2 Å². The fourth-order valence-corrected chi connectivity index (χ4v) is 1.24. The Morgan fingerprint density at radius 1 is 1.31 bits per heavy atom. The number of esters is 1. The molecule has 0 aromatic heterocycles. The summed E-state index contributed by atoms with van der Waals surface area (Å²) in [7, 11) is 3.85. The van der Waals surface area contributed by atoms with Gasteiger partial charge in [-0.05, 0) is 26.9 Å². The second-order valence-corrected chi connectivity index (χ2v) is 4.31. The highest BCUT2D eigenvalue weighted by Crippen LogP contribution is 2.02. The van der Waals surface area contributed by atoms with E-state index in [1.54, 1.807) is 6.92 Å². The third-order valence-corrected chi connectivity index (χ3v) is 2.14. The molecule has 0 bridgehead atoms. The van der Waals surface area contributed by atoms with E-state index in [2.05, 4.69) is 10.1 Å². The number of rotatable bonds is 5. The van der Waals surface area contributed by atoms with Crippen LogP contribution in [0.5, 0.6) is 0 Å². The maximum absolute atomic E-state index is 11.4. The molecular weight excluding hydrogens is 208 g/mol. The number of carbonyl (C=O) groups is 2. The van der Waals surface area contributed by atoms with E-state index in [1.165, 1.54) is 0 Å². The van der Waals surface area contributed by atoms with Crippen LogP contribution in [0.1, 0.15) is 20.8 Å². The van der Waals surface area contributed by atoms with Gasteiger partial charge in [-0.1, -0.05) is 13.8 Å². The van der Waals surface area contributed by atoms with Crippen molar-refractivity contribution in [1.29, 1.82) is 0 Å². The Labute approximate surface area is 97.1 Å². The standard InChI is InChI=1S/C11H22N2O3/c1-6-16-11(15)10(14)12-9(8(2)3)7-13(4)5/h8-9H,6-7H2,1-5H3,(H,12,14). The number of nitrogens with one attached hydrogen (secondary N) is 1. The van der Waals surface area contributed by atoms with Crippen molar-refractivity contribution in [3.8, 4) is 0 Å². The molecule has 0 aliphatic heterocycles. The third-order valence-electron chi connectivity index (χ3n) is 2.14. The van der Waals surface area contributed by atoms with E-state index in [1.807, 2.05) is 32.8 Å². The van der Waals surface area contributed by atoms with Crippen LogP contribution in [-0.2, 0) is 14.3 Å². The van der Waals surface area contributed by atoms with Gasteiger partial charge in [0.2, 0.25) is 0 Å². The van der Waals surface area contributed by atoms with E-state index >= 15 is 0 Å². The molecule has 16 heavy (non-hydrogen) atoms. The van der Waals surface area contributed by atoms with Crippen LogP contribution in [0, 0.1) is 5.92 Å². The van der Waals surface area contributed by atoms with Gasteiger partial charge in [0.15, 0.2) is 0 Å². The second-order valence-electron chi connectivity index (χ2n) is 4.31. The molecule has 5 heteroatoms. The average molecular weight is 230 g/mol. The zero-order valence-electron chi connectivity index (χ0n) is 10.7. The van der Waals surface area contributed by atoms with Crippen LogP contribution in [0.4, 0.5) is 0 Å². The fourth-order valence-electron chi connectivity index (χ4n) is 1.24. The Hall–Kier alpha value is -1.10. The Kier molecular flexibility index (Phi) is 6.72. The molecule has 0 aliphatic rings. The SMILES string of the molecule is CCOC(=O)C(=O)NC(CN(C)C)C(C)C. The van der Waals surface area contributed by atoms with Crippen LogP contribution in [0.2, 0.25) is 0 Å². The van der Waals surface area contributed by atoms with Gasteiger partial charge >= 0.3 is 11.9 Å². The average Bonchev–Trinajstić information content (AvgIpc) is 2.16. The first-order valence-electron chi connectivity index (χ1n) is 5.50. The number of hydrogen-bond donors (Lipinski definition) is 1. The number of likely N-dealkylation sites (N-methyl/N-ethyl adjacent to an activating group) is 1. The van der Waals surface area contributed by atoms with Gasteiger partial charge in [-0.3, -0.25) is 4.79 Å². The molecule has 0 heterocycles. The molecule has 0 rings (SSSR count). The van der Waals surface area contributed by atoms with Gasteiger partial charge < -0.3 is 15.0 Å². The monoisotopic (exact) mass is 230 g/mol. The van der Waals surface area contributed by atoms with E-state index in [0.717, 1.165) is 0 Å². The first-order valence-corrected chi connectivity index (χ1v) is 5.50. The molecule has 0 saturated carbocycles. The largest absolute Gasteiger partial charge is 0.459 e. The van der Waals surface area contributed by atoms with Crippen LogP contribution >= 0.6 is 0 Å². The van der Waals surface area contributed by atoms with Gasteiger partial charge in [-0.25, -0.2) is 4.79 Å². The number of carbonyl (C=O) groups excluding carboxylic acids is 2. The van der Waals surface area contributed by atoms with Crippen molar-refractivity contribution < 1.29 is 14.3 Å². The first kappa shape index (κ1) is 14.9. The summed E-state index contributed by atoms with van der Waals surface area (Å²) in [4.78, 5) is 24.5. The summed E-state index contributed by atoms with van der Waals surface area (Å²) < 4.78 is 4.62. The number of ether oxygens (including phenoxy) is 1. The topological polar surface area (TPSA) is 58.6 Å². The van der Waals surface area contributed by atoms with Crippen molar-refractivity contribution in [3.63, 3.8) is 0 Å². The van der Waals surface area contributed by atoms with E-state index in [-0.39, 0.29) is 18.6 Å². The van der Waals surface area contributed by atoms with Crippen LogP contribution in [-0.4, -0.2) is 50.1 Å². The Balaban J connectivity index is 4.28. The summed E-state index contributed by atoms with van der Waals surface area (Å²) in [6.45, 7) is 6.58. The number of hydrogen-bond acceptors (Lipinski definition) is 4. The summed E-state index contributed by atoms with van der Waals surface area (Å²) in [5.74, 6) is -1.21. The lowest BCUT2D eigenvalue weighted by atomic mass is 10.0. The van der Waals surface area contributed by atoms with Gasteiger partial charge in [-0.2, -0.15) is 0 Å². The molecule has 0 saturated heterocycles. The van der Waals surface area contributed by atoms with E-state index < -0.39 is 11.9 Å². The lowest BCUT2D eigenvalue weighted by molar-refractivity contribution is -0.155. The van der Waals surface area contributed by atoms with Gasteiger partial charge in [0.1, 0.15) is 0 Å². The van der Waals surface area contributed by atoms with Gasteiger partial charge in [-0.15, -0.1) is 0 Å². The molecule has 0 fully saturated rings. The quantitative estimate of drug-likeness (QED) is 0.543. The lowest BCUT2D eigenvalue weighted by Gasteiger charge is -2.25. The highest BCUT2D eigenvalue weighted by Gasteiger charge is 2.22. The molecule has 1 atom stereocenters. The lowest BCUT2D eigenvalue weighted by Crippen LogP contribution is -2.47. The summed E-state index contributed by atoms with van der Waals surface area (Å²) in [5.41, 5.74) is 0. The first-order chi connectivity index (χ1) is 7.38. The second kappa shape index (κ2) is 7.22. The molecule has 94 valence electrons. The molecular formula is C11H22N2O3. The number of nitrogens with zero attached hydrogens (tertiary/aromatic N) is 1. The number of amides is 1. The third kappa shape index (κ3) is 5.70. The van der Waals surface area contributed by atoms with Crippen molar-refractivity contribution in [2.24, 2.45) is 5.92 Å². The minimum atomic E-state index is -0.813. The summed E-state index contributed by atoms with van der Waals surface area (Å²) >= 11 is 0. The Bertz CT molecular complexity index is 239. The van der Waals surface area contributed by atoms with Crippen LogP contribution in [0.15, 0.2) is 0 Å². The van der Waals surface area contributed by atoms with Crippen molar-refractivity contribution in [3.05, 3.63) is 0 Å². The van der Waals surface area contributed by atoms with Crippen molar-refractivity contribution >= 4 is 11.9 Å². The molecule has 1 unspecified atom stereocenters. The predicted octanol–water partition coefficient (Wildman–Crippen LogP) is 0.252. The predicted molar refractivity (Wildman–Crippen MR) is 62.0 cm³/mol. The van der Waals surface area contributed by atoms with Crippen LogP contribution < -0.4 is 5.32 Å². The Morgan fingerprint density at radius 3 is 2.25 bits per heavy atom. The highest BCUT2D eigenvalue weighted by molar-refractivity contribution is 6.32. The summed E-state index contributed by atoms with van der Waals surface area (Å²) in [5, 5.41) is 2.68. The molecule has 1 N–H and O–H groups in total. The highest BCUT2D eigenvalue weighted by atomic mass is 16.5. The van der Waals surface area contributed by atoms with Crippen LogP contribution in [0.25, 0.3) is 0 Å². The van der Waals surface area contributed by atoms with E-state index in [4.69, 9.17) is 0 Å². The minimum Gasteiger partial charge on any atom is -0.459 e. The zero-order valence-corrected chi connectivity index (χ0v) is 10.7. The van der Waals surface area contributed by atoms with Crippen molar-refractivity contribution in [2.75, 3.05) is 27.2 Å². The van der Waals surface area contributed by atoms with E-state index in [9.17, 15) is 9.59 Å². The van der Waals surface area contributed by atoms with Crippen molar-refractivity contribution in [2.45, 2.75) is 26.8 Å². The molecule has 0 spiro atoms. The summed E-state index contributed by atoms with van der Waals surface area (Å²) in [6, 6.07) is -0.0492. The molecule has 1 amide bonds. The molecule has 0 aromatic rings. The normalized spacial score (nSPS) is 12.7. The molecule has 5 nitrogen and oxygen atoms in total. The smallest absolute Gasteiger partial charge is 0.396 e. The minimum absolute atomic E-state index is 0.0492. The Morgan fingerprint density at radius 2 is 1.88 bits per heavy atom. The maximum Gasteiger partial charge on any atom is 0.396 e. The van der Waals surface area contributed by atoms with Gasteiger partial charge in [0.05, 0.1) is 6.61 Å². The van der Waals surface area contributed by atoms with E-state index in [0.29, 0.717) is 6.54 Å². The van der Waals surface area contributed by atoms with Gasteiger partial charge in [0, 0.05) is 12.6 Å².